The highest BCUT2D eigenvalue weighted by Gasteiger charge is 2.07. The number of nitrogens with two attached hydrogens (primary N) is 1. The number of pyridine rings is 1. The maximum atomic E-state index is 11.3. The van der Waals surface area contributed by atoms with Crippen LogP contribution in [0.15, 0.2) is 18.3 Å². The molecule has 0 spiro atoms. The average Bonchev–Trinajstić information content (AvgIpc) is 2.36. The number of nitrogens with one attached hydrogen (secondary N) is 2. The molecule has 100 valence electrons. The Morgan fingerprint density at radius 3 is 2.78 bits per heavy atom. The highest BCUT2D eigenvalue weighted by atomic mass is 16.2. The third kappa shape index (κ3) is 5.14. The van der Waals surface area contributed by atoms with Gasteiger partial charge in [0.05, 0.1) is 17.9 Å². The summed E-state index contributed by atoms with van der Waals surface area (Å²) in [6.07, 6.45) is 5.30. The number of rotatable bonds is 7. The van der Waals surface area contributed by atoms with E-state index in [1.807, 2.05) is 6.07 Å². The first kappa shape index (κ1) is 14.4. The largest absolute Gasteiger partial charge is 0.384 e. The summed E-state index contributed by atoms with van der Waals surface area (Å²) in [4.78, 5) is 15.5. The summed E-state index contributed by atoms with van der Waals surface area (Å²) in [5.41, 5.74) is 6.42. The zero-order valence-corrected chi connectivity index (χ0v) is 11.1. The van der Waals surface area contributed by atoms with Crippen molar-refractivity contribution in [2.24, 2.45) is 5.73 Å². The molecule has 0 radical (unpaired) electrons. The molecule has 0 bridgehead atoms. The molecule has 1 aromatic heterocycles. The summed E-state index contributed by atoms with van der Waals surface area (Å²) in [7, 11) is 0. The second-order valence-corrected chi connectivity index (χ2v) is 4.34. The van der Waals surface area contributed by atoms with Crippen LogP contribution in [-0.4, -0.2) is 23.5 Å². The number of anilines is 2. The minimum atomic E-state index is -0.529. The molecule has 1 aromatic rings. The molecule has 18 heavy (non-hydrogen) atoms. The van der Waals surface area contributed by atoms with E-state index in [0.29, 0.717) is 5.82 Å². The predicted molar refractivity (Wildman–Crippen MR) is 74.5 cm³/mol. The van der Waals surface area contributed by atoms with Crippen molar-refractivity contribution in [2.45, 2.75) is 39.2 Å². The molecule has 4 N–H and O–H groups in total. The number of nitrogens with zero attached hydrogens (tertiary/aromatic N) is 1. The van der Waals surface area contributed by atoms with Crippen LogP contribution in [0.25, 0.3) is 0 Å². The second kappa shape index (κ2) is 7.66. The van der Waals surface area contributed by atoms with E-state index < -0.39 is 6.04 Å². The summed E-state index contributed by atoms with van der Waals surface area (Å²) in [5, 5.41) is 5.92. The average molecular weight is 250 g/mol. The molecule has 0 aliphatic rings. The zero-order valence-electron chi connectivity index (χ0n) is 11.1. The minimum Gasteiger partial charge on any atom is -0.384 e. The van der Waals surface area contributed by atoms with Gasteiger partial charge in [0.25, 0.3) is 0 Å². The summed E-state index contributed by atoms with van der Waals surface area (Å²) < 4.78 is 0. The lowest BCUT2D eigenvalue weighted by atomic mass is 10.2. The van der Waals surface area contributed by atoms with Crippen LogP contribution in [0.2, 0.25) is 0 Å². The molecule has 5 nitrogen and oxygen atoms in total. The van der Waals surface area contributed by atoms with Crippen molar-refractivity contribution in [1.29, 1.82) is 0 Å². The molecule has 0 aliphatic heterocycles. The van der Waals surface area contributed by atoms with E-state index in [9.17, 15) is 4.79 Å². The van der Waals surface area contributed by atoms with E-state index in [1.165, 1.54) is 12.8 Å². The van der Waals surface area contributed by atoms with Gasteiger partial charge in [-0.3, -0.25) is 4.79 Å². The van der Waals surface area contributed by atoms with E-state index in [1.54, 1.807) is 19.2 Å². The Labute approximate surface area is 108 Å². The Morgan fingerprint density at radius 2 is 2.22 bits per heavy atom. The lowest BCUT2D eigenvalue weighted by Gasteiger charge is -2.08. The molecule has 0 aromatic carbocycles. The number of hydrogen-bond donors (Lipinski definition) is 3. The number of carbonyl (C=O) groups is 1. The molecule has 5 heteroatoms. The van der Waals surface area contributed by atoms with E-state index in [-0.39, 0.29) is 5.91 Å². The van der Waals surface area contributed by atoms with Gasteiger partial charge < -0.3 is 16.4 Å². The molecule has 0 fully saturated rings. The van der Waals surface area contributed by atoms with Crippen LogP contribution in [0.5, 0.6) is 0 Å². The fourth-order valence-electron chi connectivity index (χ4n) is 1.42. The molecular formula is C13H22N4O. The highest BCUT2D eigenvalue weighted by molar-refractivity contribution is 5.93. The van der Waals surface area contributed by atoms with Crippen LogP contribution in [-0.2, 0) is 4.79 Å². The van der Waals surface area contributed by atoms with E-state index in [2.05, 4.69) is 22.5 Å². The summed E-state index contributed by atoms with van der Waals surface area (Å²) in [6.45, 7) is 4.76. The van der Waals surface area contributed by atoms with E-state index in [0.717, 1.165) is 18.7 Å². The maximum absolute atomic E-state index is 11.3. The van der Waals surface area contributed by atoms with Gasteiger partial charge in [0.1, 0.15) is 5.82 Å². The van der Waals surface area contributed by atoms with E-state index in [4.69, 9.17) is 5.73 Å². The fraction of sp³-hybridized carbons (Fsp3) is 0.538. The first-order valence-electron chi connectivity index (χ1n) is 6.40. The van der Waals surface area contributed by atoms with Gasteiger partial charge in [-0.1, -0.05) is 19.8 Å². The summed E-state index contributed by atoms with van der Waals surface area (Å²) in [5.74, 6) is 0.294. The van der Waals surface area contributed by atoms with Crippen molar-refractivity contribution in [3.05, 3.63) is 18.3 Å². The van der Waals surface area contributed by atoms with Crippen LogP contribution < -0.4 is 16.4 Å². The molecule has 1 amide bonds. The lowest BCUT2D eigenvalue weighted by molar-refractivity contribution is -0.117. The molecule has 1 atom stereocenters. The van der Waals surface area contributed by atoms with Crippen molar-refractivity contribution in [2.75, 3.05) is 17.2 Å². The summed E-state index contributed by atoms with van der Waals surface area (Å²) in [6, 6.07) is 3.14. The van der Waals surface area contributed by atoms with Gasteiger partial charge in [-0.15, -0.1) is 0 Å². The zero-order chi connectivity index (χ0) is 13.4. The molecule has 1 rings (SSSR count). The standard InChI is InChI=1S/C13H22N4O/c1-3-4-5-8-15-11-6-7-12(16-9-11)17-13(18)10(2)14/h6-7,9-10,15H,3-5,8,14H2,1-2H3,(H,16,17,18). The first-order valence-corrected chi connectivity index (χ1v) is 6.40. The normalized spacial score (nSPS) is 11.9. The van der Waals surface area contributed by atoms with Crippen LogP contribution >= 0.6 is 0 Å². The topological polar surface area (TPSA) is 80.0 Å². The first-order chi connectivity index (χ1) is 8.63. The van der Waals surface area contributed by atoms with Crippen LogP contribution in [0.1, 0.15) is 33.1 Å². The van der Waals surface area contributed by atoms with Gasteiger partial charge >= 0.3 is 0 Å². The Balaban J connectivity index is 2.40. The van der Waals surface area contributed by atoms with Crippen LogP contribution in [0, 0.1) is 0 Å². The fourth-order valence-corrected chi connectivity index (χ4v) is 1.42. The van der Waals surface area contributed by atoms with Crippen molar-refractivity contribution in [1.82, 2.24) is 4.98 Å². The Bertz CT molecular complexity index is 362. The number of unbranched alkanes of at least 4 members (excludes halogenated alkanes) is 2. The third-order valence-corrected chi connectivity index (χ3v) is 2.54. The second-order valence-electron chi connectivity index (χ2n) is 4.34. The third-order valence-electron chi connectivity index (χ3n) is 2.54. The quantitative estimate of drug-likeness (QED) is 0.646. The highest BCUT2D eigenvalue weighted by Crippen LogP contribution is 2.10. The molecule has 0 saturated heterocycles. The van der Waals surface area contributed by atoms with Crippen molar-refractivity contribution < 1.29 is 4.79 Å². The van der Waals surface area contributed by atoms with Crippen LogP contribution in [0.4, 0.5) is 11.5 Å². The van der Waals surface area contributed by atoms with Gasteiger partial charge in [0.15, 0.2) is 0 Å². The number of carbonyl (C=O) groups excluding carboxylic acids is 1. The van der Waals surface area contributed by atoms with Crippen molar-refractivity contribution in [3.8, 4) is 0 Å². The van der Waals surface area contributed by atoms with Crippen molar-refractivity contribution in [3.63, 3.8) is 0 Å². The predicted octanol–water partition coefficient (Wildman–Crippen LogP) is 1.97. The monoisotopic (exact) mass is 250 g/mol. The molecule has 1 heterocycles. The Hall–Kier alpha value is -1.62. The van der Waals surface area contributed by atoms with Gasteiger partial charge in [-0.25, -0.2) is 4.98 Å². The lowest BCUT2D eigenvalue weighted by Crippen LogP contribution is -2.32. The molecule has 0 aliphatic carbocycles. The van der Waals surface area contributed by atoms with E-state index >= 15 is 0 Å². The molecule has 0 saturated carbocycles. The number of aromatic nitrogens is 1. The van der Waals surface area contributed by atoms with Crippen LogP contribution in [0.3, 0.4) is 0 Å². The Morgan fingerprint density at radius 1 is 1.44 bits per heavy atom. The number of hydrogen-bond acceptors (Lipinski definition) is 4. The summed E-state index contributed by atoms with van der Waals surface area (Å²) >= 11 is 0. The van der Waals surface area contributed by atoms with Gasteiger partial charge in [0.2, 0.25) is 5.91 Å². The van der Waals surface area contributed by atoms with Gasteiger partial charge in [-0.2, -0.15) is 0 Å². The molecule has 1 unspecified atom stereocenters. The minimum absolute atomic E-state index is 0.230. The van der Waals surface area contributed by atoms with Gasteiger partial charge in [-0.05, 0) is 25.5 Å². The SMILES string of the molecule is CCCCCNc1ccc(NC(=O)C(C)N)nc1. The van der Waals surface area contributed by atoms with Gasteiger partial charge in [0, 0.05) is 6.54 Å². The smallest absolute Gasteiger partial charge is 0.242 e. The molecular weight excluding hydrogens is 228 g/mol. The number of amides is 1. The maximum Gasteiger partial charge on any atom is 0.242 e. The van der Waals surface area contributed by atoms with Crippen molar-refractivity contribution >= 4 is 17.4 Å². The Kier molecular flexibility index (Phi) is 6.14.